The molecule has 108 valence electrons. The number of hydrogen-bond donors (Lipinski definition) is 0. The molecule has 1 aromatic carbocycles. The average Bonchev–Trinajstić information content (AvgIpc) is 3.04. The summed E-state index contributed by atoms with van der Waals surface area (Å²) in [6.45, 7) is 3.86. The van der Waals surface area contributed by atoms with E-state index in [1.807, 2.05) is 23.7 Å². The van der Waals surface area contributed by atoms with Gasteiger partial charge in [0, 0.05) is 13.1 Å². The van der Waals surface area contributed by atoms with E-state index in [0.29, 0.717) is 10.6 Å². The fraction of sp³-hybridized carbons (Fsp3) is 0.267. The number of amides is 1. The number of hydrogen-bond acceptors (Lipinski definition) is 4. The lowest BCUT2D eigenvalue weighted by Crippen LogP contribution is -2.14. The van der Waals surface area contributed by atoms with Crippen LogP contribution < -0.4 is 4.80 Å². The number of aromatic nitrogens is 2. The first-order valence-electron chi connectivity index (χ1n) is 6.70. The Labute approximate surface area is 125 Å². The van der Waals surface area contributed by atoms with Crippen molar-refractivity contribution in [3.63, 3.8) is 0 Å². The van der Waals surface area contributed by atoms with Crippen LogP contribution in [0.3, 0.4) is 0 Å². The number of fused-ring (bicyclic) bond motifs is 1. The van der Waals surface area contributed by atoms with E-state index in [-0.39, 0.29) is 11.6 Å². The van der Waals surface area contributed by atoms with Crippen LogP contribution in [0.15, 0.2) is 33.8 Å². The summed E-state index contributed by atoms with van der Waals surface area (Å²) in [5.74, 6) is 0.217. The predicted octanol–water partition coefficient (Wildman–Crippen LogP) is 2.84. The minimum Gasteiger partial charge on any atom is -0.361 e. The normalized spacial score (nSPS) is 12.2. The Kier molecular flexibility index (Phi) is 3.47. The number of thiazole rings is 1. The van der Waals surface area contributed by atoms with Crippen LogP contribution in [0.2, 0.25) is 0 Å². The van der Waals surface area contributed by atoms with E-state index in [1.54, 1.807) is 13.0 Å². The van der Waals surface area contributed by atoms with Crippen LogP contribution in [0, 0.1) is 6.92 Å². The quantitative estimate of drug-likeness (QED) is 0.731. The van der Waals surface area contributed by atoms with Gasteiger partial charge < -0.3 is 9.09 Å². The molecule has 3 rings (SSSR count). The molecule has 0 saturated carbocycles. The molecule has 21 heavy (non-hydrogen) atoms. The highest BCUT2D eigenvalue weighted by Crippen LogP contribution is 2.21. The highest BCUT2D eigenvalue weighted by molar-refractivity contribution is 7.16. The third kappa shape index (κ3) is 2.42. The monoisotopic (exact) mass is 301 g/mol. The summed E-state index contributed by atoms with van der Waals surface area (Å²) >= 11 is 1.50. The first-order chi connectivity index (χ1) is 10.1. The summed E-state index contributed by atoms with van der Waals surface area (Å²) in [4.78, 5) is 17.0. The second-order valence-electron chi connectivity index (χ2n) is 4.80. The summed E-state index contributed by atoms with van der Waals surface area (Å²) in [5, 5.41) is 3.71. The fourth-order valence-corrected chi connectivity index (χ4v) is 3.35. The summed E-state index contributed by atoms with van der Waals surface area (Å²) in [6, 6.07) is 7.77. The highest BCUT2D eigenvalue weighted by Gasteiger charge is 2.12. The Morgan fingerprint density at radius 2 is 2.29 bits per heavy atom. The van der Waals surface area contributed by atoms with Gasteiger partial charge in [0.05, 0.1) is 10.2 Å². The number of carbonyl (C=O) groups is 1. The highest BCUT2D eigenvalue weighted by atomic mass is 32.1. The van der Waals surface area contributed by atoms with E-state index in [2.05, 4.69) is 23.1 Å². The van der Waals surface area contributed by atoms with Crippen LogP contribution in [0.5, 0.6) is 0 Å². The number of aryl methyl sites for hydroxylation is 3. The molecule has 0 aliphatic heterocycles. The van der Waals surface area contributed by atoms with Gasteiger partial charge in [-0.25, -0.2) is 0 Å². The lowest BCUT2D eigenvalue weighted by Gasteiger charge is -2.01. The second kappa shape index (κ2) is 5.29. The van der Waals surface area contributed by atoms with Gasteiger partial charge in [-0.15, -0.1) is 0 Å². The molecule has 0 unspecified atom stereocenters. The van der Waals surface area contributed by atoms with Gasteiger partial charge in [0.2, 0.25) is 0 Å². The molecule has 0 N–H and O–H groups in total. The molecule has 1 amide bonds. The minimum absolute atomic E-state index is 0.237. The fourth-order valence-electron chi connectivity index (χ4n) is 2.29. The maximum absolute atomic E-state index is 12.1. The van der Waals surface area contributed by atoms with Crippen LogP contribution >= 0.6 is 11.3 Å². The molecule has 2 aromatic heterocycles. The maximum Gasteiger partial charge on any atom is 0.301 e. The Morgan fingerprint density at radius 1 is 1.48 bits per heavy atom. The van der Waals surface area contributed by atoms with Crippen LogP contribution in [-0.4, -0.2) is 15.6 Å². The molecule has 5 nitrogen and oxygen atoms in total. The zero-order valence-corrected chi connectivity index (χ0v) is 12.9. The van der Waals surface area contributed by atoms with E-state index >= 15 is 0 Å². The largest absolute Gasteiger partial charge is 0.361 e. The smallest absolute Gasteiger partial charge is 0.301 e. The van der Waals surface area contributed by atoms with Crippen LogP contribution in [0.25, 0.3) is 10.2 Å². The molecule has 0 aliphatic carbocycles. The van der Waals surface area contributed by atoms with Crippen molar-refractivity contribution in [2.75, 3.05) is 0 Å². The Morgan fingerprint density at radius 3 is 2.95 bits per heavy atom. The van der Waals surface area contributed by atoms with E-state index < -0.39 is 0 Å². The molecule has 0 bridgehead atoms. The van der Waals surface area contributed by atoms with E-state index in [9.17, 15) is 4.79 Å². The summed E-state index contributed by atoms with van der Waals surface area (Å²) in [5.41, 5.74) is 2.62. The molecule has 3 aromatic rings. The Hall–Kier alpha value is -2.21. The molecule has 6 heteroatoms. The number of nitrogens with zero attached hydrogens (tertiary/aromatic N) is 3. The van der Waals surface area contributed by atoms with Crippen LogP contribution in [0.1, 0.15) is 28.7 Å². The van der Waals surface area contributed by atoms with Crippen molar-refractivity contribution in [1.82, 2.24) is 9.72 Å². The van der Waals surface area contributed by atoms with Gasteiger partial charge in [0.25, 0.3) is 0 Å². The topological polar surface area (TPSA) is 60.4 Å². The third-order valence-corrected chi connectivity index (χ3v) is 4.43. The van der Waals surface area contributed by atoms with Gasteiger partial charge in [0.1, 0.15) is 5.76 Å². The summed E-state index contributed by atoms with van der Waals surface area (Å²) in [6.07, 6.45) is 0.942. The molecule has 0 spiro atoms. The van der Waals surface area contributed by atoms with Gasteiger partial charge in [-0.3, -0.25) is 4.79 Å². The van der Waals surface area contributed by atoms with E-state index in [4.69, 9.17) is 4.52 Å². The lowest BCUT2D eigenvalue weighted by molar-refractivity contribution is 0.0989. The summed E-state index contributed by atoms with van der Waals surface area (Å²) in [7, 11) is 1.93. The Balaban J connectivity index is 2.14. The molecule has 0 aliphatic rings. The van der Waals surface area contributed by atoms with Gasteiger partial charge in [-0.05, 0) is 25.0 Å². The lowest BCUT2D eigenvalue weighted by atomic mass is 10.1. The molecule has 0 radical (unpaired) electrons. The van der Waals surface area contributed by atoms with Crippen molar-refractivity contribution in [2.45, 2.75) is 20.3 Å². The van der Waals surface area contributed by atoms with Gasteiger partial charge in [-0.2, -0.15) is 4.99 Å². The SMILES string of the molecule is CCc1cccc2sc(=NC(=O)c3cc(C)on3)n(C)c12. The van der Waals surface area contributed by atoms with Gasteiger partial charge in [0.15, 0.2) is 10.5 Å². The predicted molar refractivity (Wildman–Crippen MR) is 81.3 cm³/mol. The van der Waals surface area contributed by atoms with Crippen LogP contribution in [-0.2, 0) is 13.5 Å². The minimum atomic E-state index is -0.382. The first-order valence-corrected chi connectivity index (χ1v) is 7.51. The van der Waals surface area contributed by atoms with Crippen molar-refractivity contribution in [3.05, 3.63) is 46.1 Å². The average molecular weight is 301 g/mol. The van der Waals surface area contributed by atoms with Gasteiger partial charge >= 0.3 is 5.91 Å². The molecular formula is C15H15N3O2S. The van der Waals surface area contributed by atoms with Crippen LogP contribution in [0.4, 0.5) is 0 Å². The van der Waals surface area contributed by atoms with Crippen molar-refractivity contribution >= 4 is 27.5 Å². The number of carbonyl (C=O) groups excluding carboxylic acids is 1. The second-order valence-corrected chi connectivity index (χ2v) is 5.81. The molecule has 2 heterocycles. The standard InChI is InChI=1S/C15H15N3O2S/c1-4-10-6-5-7-12-13(10)18(3)15(21-12)16-14(19)11-8-9(2)20-17-11/h5-8H,4H2,1-3H3. The molecule has 0 fully saturated rings. The van der Waals surface area contributed by atoms with E-state index in [1.165, 1.54) is 16.9 Å². The molecule has 0 atom stereocenters. The summed E-state index contributed by atoms with van der Waals surface area (Å²) < 4.78 is 8.00. The van der Waals surface area contributed by atoms with Crippen molar-refractivity contribution in [3.8, 4) is 0 Å². The zero-order valence-electron chi connectivity index (χ0n) is 12.1. The first kappa shape index (κ1) is 13.8. The number of para-hydroxylation sites is 1. The van der Waals surface area contributed by atoms with Crippen molar-refractivity contribution < 1.29 is 9.32 Å². The number of benzene rings is 1. The maximum atomic E-state index is 12.1. The van der Waals surface area contributed by atoms with Gasteiger partial charge in [-0.1, -0.05) is 35.5 Å². The Bertz CT molecular complexity index is 886. The third-order valence-electron chi connectivity index (χ3n) is 3.33. The molecular weight excluding hydrogens is 286 g/mol. The zero-order chi connectivity index (χ0) is 15.0. The molecule has 0 saturated heterocycles. The van der Waals surface area contributed by atoms with E-state index in [0.717, 1.165) is 16.6 Å². The number of rotatable bonds is 2. The van der Waals surface area contributed by atoms with Crippen molar-refractivity contribution in [1.29, 1.82) is 0 Å². The van der Waals surface area contributed by atoms with Crippen molar-refractivity contribution in [2.24, 2.45) is 12.0 Å².